The summed E-state index contributed by atoms with van der Waals surface area (Å²) in [6.45, 7) is 2.92. The molecule has 20 heavy (non-hydrogen) atoms. The van der Waals surface area contributed by atoms with Crippen molar-refractivity contribution >= 4 is 28.9 Å². The number of nitrogens with one attached hydrogen (secondary N) is 2. The highest BCUT2D eigenvalue weighted by molar-refractivity contribution is 6.30. The summed E-state index contributed by atoms with van der Waals surface area (Å²) in [7, 11) is 1.60. The third-order valence-electron chi connectivity index (χ3n) is 2.66. The van der Waals surface area contributed by atoms with Gasteiger partial charge in [-0.15, -0.1) is 0 Å². The minimum Gasteiger partial charge on any atom is -0.490 e. The first kappa shape index (κ1) is 14.4. The highest BCUT2D eigenvalue weighted by atomic mass is 35.5. The average Bonchev–Trinajstić information content (AvgIpc) is 2.47. The van der Waals surface area contributed by atoms with Gasteiger partial charge < -0.3 is 15.4 Å². The van der Waals surface area contributed by atoms with Crippen LogP contribution in [0.5, 0.6) is 5.75 Å². The maximum absolute atomic E-state index is 5.87. The van der Waals surface area contributed by atoms with Gasteiger partial charge >= 0.3 is 0 Å². The van der Waals surface area contributed by atoms with E-state index in [0.29, 0.717) is 22.4 Å². The number of hydrogen-bond acceptors (Lipinski definition) is 5. The third-order valence-corrected chi connectivity index (χ3v) is 2.91. The Morgan fingerprint density at radius 2 is 1.85 bits per heavy atom. The molecule has 1 aromatic carbocycles. The fourth-order valence-corrected chi connectivity index (χ4v) is 1.82. The normalized spacial score (nSPS) is 10.2. The van der Waals surface area contributed by atoms with E-state index in [2.05, 4.69) is 27.5 Å². The maximum Gasteiger partial charge on any atom is 0.204 e. The molecule has 0 aliphatic carbocycles. The minimum atomic E-state index is 0.593. The second-order valence-electron chi connectivity index (χ2n) is 4.16. The van der Waals surface area contributed by atoms with Gasteiger partial charge in [0.25, 0.3) is 0 Å². The first-order valence-corrected chi connectivity index (χ1v) is 6.77. The van der Waals surface area contributed by atoms with E-state index in [-0.39, 0.29) is 0 Å². The molecule has 106 valence electrons. The lowest BCUT2D eigenvalue weighted by atomic mass is 10.3. The Balaban J connectivity index is 2.24. The molecule has 0 radical (unpaired) electrons. The molecule has 0 saturated heterocycles. The van der Waals surface area contributed by atoms with Gasteiger partial charge in [0.1, 0.15) is 6.33 Å². The molecule has 0 spiro atoms. The van der Waals surface area contributed by atoms with E-state index in [1.165, 1.54) is 6.33 Å². The van der Waals surface area contributed by atoms with E-state index >= 15 is 0 Å². The summed E-state index contributed by atoms with van der Waals surface area (Å²) in [4.78, 5) is 8.41. The van der Waals surface area contributed by atoms with Gasteiger partial charge in [0, 0.05) is 17.3 Å². The molecule has 1 heterocycles. The Kier molecular flexibility index (Phi) is 5.01. The van der Waals surface area contributed by atoms with Crippen LogP contribution in [0.25, 0.3) is 0 Å². The number of ether oxygens (including phenoxy) is 1. The first-order valence-electron chi connectivity index (χ1n) is 6.40. The number of nitrogens with zero attached hydrogens (tertiary/aromatic N) is 2. The highest BCUT2D eigenvalue weighted by Gasteiger charge is 2.11. The van der Waals surface area contributed by atoms with Gasteiger partial charge in [0.05, 0.1) is 7.11 Å². The first-order chi connectivity index (χ1) is 9.74. The molecule has 2 aromatic rings. The molecule has 0 fully saturated rings. The maximum atomic E-state index is 5.87. The van der Waals surface area contributed by atoms with Gasteiger partial charge in [-0.05, 0) is 30.7 Å². The van der Waals surface area contributed by atoms with E-state index in [1.54, 1.807) is 7.11 Å². The zero-order chi connectivity index (χ0) is 14.4. The zero-order valence-electron chi connectivity index (χ0n) is 11.5. The number of hydrogen-bond donors (Lipinski definition) is 2. The molecule has 6 heteroatoms. The van der Waals surface area contributed by atoms with Crippen molar-refractivity contribution < 1.29 is 4.74 Å². The number of benzene rings is 1. The molecule has 0 unspecified atom stereocenters. The smallest absolute Gasteiger partial charge is 0.204 e. The Labute approximate surface area is 123 Å². The van der Waals surface area contributed by atoms with Gasteiger partial charge in [-0.1, -0.05) is 18.5 Å². The lowest BCUT2D eigenvalue weighted by Crippen LogP contribution is -2.07. The lowest BCUT2D eigenvalue weighted by molar-refractivity contribution is 0.415. The Morgan fingerprint density at radius 1 is 1.15 bits per heavy atom. The second-order valence-corrected chi connectivity index (χ2v) is 4.60. The molecule has 5 nitrogen and oxygen atoms in total. The van der Waals surface area contributed by atoms with Crippen molar-refractivity contribution in [2.24, 2.45) is 0 Å². The van der Waals surface area contributed by atoms with Crippen molar-refractivity contribution in [1.82, 2.24) is 9.97 Å². The molecule has 0 aliphatic heterocycles. The molecule has 0 atom stereocenters. The van der Waals surface area contributed by atoms with Crippen molar-refractivity contribution in [2.45, 2.75) is 13.3 Å². The van der Waals surface area contributed by atoms with Gasteiger partial charge in [-0.2, -0.15) is 0 Å². The number of methoxy groups -OCH3 is 1. The summed E-state index contributed by atoms with van der Waals surface area (Å²) in [5.74, 6) is 1.89. The zero-order valence-corrected chi connectivity index (χ0v) is 12.2. The van der Waals surface area contributed by atoms with Crippen LogP contribution in [-0.2, 0) is 0 Å². The second kappa shape index (κ2) is 6.96. The van der Waals surface area contributed by atoms with Crippen molar-refractivity contribution in [3.63, 3.8) is 0 Å². The van der Waals surface area contributed by atoms with Crippen LogP contribution in [-0.4, -0.2) is 23.6 Å². The SMILES string of the molecule is CCCNc1ncnc(Nc2ccc(Cl)cc2)c1OC. The van der Waals surface area contributed by atoms with Crippen molar-refractivity contribution in [2.75, 3.05) is 24.3 Å². The number of rotatable bonds is 6. The van der Waals surface area contributed by atoms with Gasteiger partial charge in [0.2, 0.25) is 5.75 Å². The van der Waals surface area contributed by atoms with Crippen LogP contribution >= 0.6 is 11.6 Å². The van der Waals surface area contributed by atoms with Crippen LogP contribution in [0.4, 0.5) is 17.3 Å². The van der Waals surface area contributed by atoms with Crippen molar-refractivity contribution in [3.8, 4) is 5.75 Å². The van der Waals surface area contributed by atoms with Crippen molar-refractivity contribution in [1.29, 1.82) is 0 Å². The highest BCUT2D eigenvalue weighted by Crippen LogP contribution is 2.31. The molecule has 0 saturated carbocycles. The van der Waals surface area contributed by atoms with Crippen LogP contribution in [0.3, 0.4) is 0 Å². The molecule has 0 aliphatic rings. The summed E-state index contributed by atoms with van der Waals surface area (Å²) in [5, 5.41) is 7.09. The van der Waals surface area contributed by atoms with E-state index < -0.39 is 0 Å². The van der Waals surface area contributed by atoms with Gasteiger partial charge in [-0.25, -0.2) is 9.97 Å². The standard InChI is InChI=1S/C14H17ClN4O/c1-3-8-16-13-12(20-2)14(18-9-17-13)19-11-6-4-10(15)5-7-11/h4-7,9H,3,8H2,1-2H3,(H2,16,17,18,19). The Bertz CT molecular complexity index is 560. The predicted molar refractivity (Wildman–Crippen MR) is 82.1 cm³/mol. The van der Waals surface area contributed by atoms with Gasteiger partial charge in [0.15, 0.2) is 11.6 Å². The summed E-state index contributed by atoms with van der Waals surface area (Å²) < 4.78 is 5.39. The quantitative estimate of drug-likeness (QED) is 0.850. The largest absolute Gasteiger partial charge is 0.490 e. The molecule has 2 rings (SSSR count). The third kappa shape index (κ3) is 3.51. The summed E-state index contributed by atoms with van der Waals surface area (Å²) in [5.41, 5.74) is 0.882. The summed E-state index contributed by atoms with van der Waals surface area (Å²) in [6, 6.07) is 7.38. The van der Waals surface area contributed by atoms with E-state index in [1.807, 2.05) is 24.3 Å². The topological polar surface area (TPSA) is 59.1 Å². The van der Waals surface area contributed by atoms with Crippen LogP contribution in [0, 0.1) is 0 Å². The Hall–Kier alpha value is -2.01. The van der Waals surface area contributed by atoms with Gasteiger partial charge in [-0.3, -0.25) is 0 Å². The molecule has 1 aromatic heterocycles. The molecule has 2 N–H and O–H groups in total. The van der Waals surface area contributed by atoms with E-state index in [4.69, 9.17) is 16.3 Å². The number of anilines is 3. The Morgan fingerprint density at radius 3 is 2.50 bits per heavy atom. The molecular formula is C14H17ClN4O. The van der Waals surface area contributed by atoms with Crippen LogP contribution in [0.15, 0.2) is 30.6 Å². The fraction of sp³-hybridized carbons (Fsp3) is 0.286. The number of halogens is 1. The number of aromatic nitrogens is 2. The molecule has 0 amide bonds. The monoisotopic (exact) mass is 292 g/mol. The lowest BCUT2D eigenvalue weighted by Gasteiger charge is -2.13. The van der Waals surface area contributed by atoms with Crippen LogP contribution in [0.2, 0.25) is 5.02 Å². The average molecular weight is 293 g/mol. The fourth-order valence-electron chi connectivity index (χ4n) is 1.70. The molecular weight excluding hydrogens is 276 g/mol. The molecule has 0 bridgehead atoms. The van der Waals surface area contributed by atoms with Crippen molar-refractivity contribution in [3.05, 3.63) is 35.6 Å². The van der Waals surface area contributed by atoms with E-state index in [0.717, 1.165) is 18.7 Å². The summed E-state index contributed by atoms with van der Waals surface area (Å²) in [6.07, 6.45) is 2.51. The van der Waals surface area contributed by atoms with Crippen LogP contribution < -0.4 is 15.4 Å². The minimum absolute atomic E-state index is 0.593. The van der Waals surface area contributed by atoms with E-state index in [9.17, 15) is 0 Å². The van der Waals surface area contributed by atoms with Crippen LogP contribution in [0.1, 0.15) is 13.3 Å². The summed E-state index contributed by atoms with van der Waals surface area (Å²) >= 11 is 5.87. The predicted octanol–water partition coefficient (Wildman–Crippen LogP) is 3.70.